The number of hydrogen-bond acceptors (Lipinski definition) is 6. The Labute approximate surface area is 147 Å². The lowest BCUT2D eigenvalue weighted by Crippen LogP contribution is -2.43. The van der Waals surface area contributed by atoms with Crippen LogP contribution in [0.15, 0.2) is 16.5 Å². The number of ether oxygens (including phenoxy) is 1. The fraction of sp³-hybridized carbons (Fsp3) is 0.706. The molecule has 1 unspecified atom stereocenters. The number of nitrogens with zero attached hydrogens (tertiary/aromatic N) is 2. The summed E-state index contributed by atoms with van der Waals surface area (Å²) in [6, 6.07) is 2.97. The fourth-order valence-electron chi connectivity index (χ4n) is 2.87. The van der Waals surface area contributed by atoms with Crippen LogP contribution in [-0.4, -0.2) is 41.2 Å². The van der Waals surface area contributed by atoms with E-state index in [9.17, 15) is 14.9 Å². The number of carbonyl (C=O) groups is 1. The third-order valence-corrected chi connectivity index (χ3v) is 4.03. The molecule has 1 amide bonds. The van der Waals surface area contributed by atoms with E-state index in [1.165, 1.54) is 6.07 Å². The summed E-state index contributed by atoms with van der Waals surface area (Å²) < 4.78 is 10.5. The van der Waals surface area contributed by atoms with Crippen LogP contribution in [0.2, 0.25) is 0 Å². The van der Waals surface area contributed by atoms with E-state index in [1.54, 1.807) is 11.0 Å². The normalized spacial score (nSPS) is 18.2. The summed E-state index contributed by atoms with van der Waals surface area (Å²) >= 11 is 0. The number of piperidine rings is 1. The smallest absolute Gasteiger partial charge is 0.433 e. The molecule has 0 aliphatic carbocycles. The Balaban J connectivity index is 1.70. The van der Waals surface area contributed by atoms with Gasteiger partial charge in [0.05, 0.1) is 12.6 Å². The SMILES string of the molecule is CC(C)(C)OC(=O)N1CCCC(CCNCc2ccc([N+](=O)[O-])o2)C1. The van der Waals surface area contributed by atoms with Crippen LogP contribution in [0.1, 0.15) is 45.8 Å². The number of rotatable bonds is 6. The minimum absolute atomic E-state index is 0.239. The highest BCUT2D eigenvalue weighted by atomic mass is 16.6. The molecule has 1 fully saturated rings. The Kier molecular flexibility index (Phi) is 6.41. The van der Waals surface area contributed by atoms with Gasteiger partial charge >= 0.3 is 12.0 Å². The zero-order valence-electron chi connectivity index (χ0n) is 15.1. The van der Waals surface area contributed by atoms with E-state index >= 15 is 0 Å². The highest BCUT2D eigenvalue weighted by Crippen LogP contribution is 2.21. The summed E-state index contributed by atoms with van der Waals surface area (Å²) in [6.07, 6.45) is 2.76. The molecule has 1 aliphatic heterocycles. The molecular weight excluding hydrogens is 326 g/mol. The van der Waals surface area contributed by atoms with E-state index in [4.69, 9.17) is 9.15 Å². The lowest BCUT2D eigenvalue weighted by Gasteiger charge is -2.34. The van der Waals surface area contributed by atoms with Crippen LogP contribution in [0.4, 0.5) is 10.7 Å². The molecule has 25 heavy (non-hydrogen) atoms. The molecule has 1 aromatic heterocycles. The van der Waals surface area contributed by atoms with Crippen molar-refractivity contribution >= 4 is 12.0 Å². The van der Waals surface area contributed by atoms with Gasteiger partial charge in [0.2, 0.25) is 0 Å². The van der Waals surface area contributed by atoms with Crippen LogP contribution >= 0.6 is 0 Å². The minimum atomic E-state index is -0.545. The predicted molar refractivity (Wildman–Crippen MR) is 92.2 cm³/mol. The summed E-state index contributed by atoms with van der Waals surface area (Å²) in [4.78, 5) is 24.0. The van der Waals surface area contributed by atoms with E-state index < -0.39 is 10.5 Å². The van der Waals surface area contributed by atoms with Crippen molar-refractivity contribution in [3.05, 3.63) is 28.0 Å². The van der Waals surface area contributed by atoms with Gasteiger partial charge in [-0.15, -0.1) is 0 Å². The minimum Gasteiger partial charge on any atom is -0.444 e. The van der Waals surface area contributed by atoms with Gasteiger partial charge in [-0.3, -0.25) is 10.1 Å². The molecule has 1 N–H and O–H groups in total. The molecule has 0 aromatic carbocycles. The van der Waals surface area contributed by atoms with E-state index in [1.807, 2.05) is 20.8 Å². The first kappa shape index (κ1) is 19.2. The van der Waals surface area contributed by atoms with Gasteiger partial charge in [0.1, 0.15) is 16.3 Å². The molecule has 0 bridgehead atoms. The molecule has 0 saturated carbocycles. The van der Waals surface area contributed by atoms with E-state index in [0.29, 0.717) is 24.8 Å². The van der Waals surface area contributed by atoms with Crippen LogP contribution in [-0.2, 0) is 11.3 Å². The molecule has 0 spiro atoms. The predicted octanol–water partition coefficient (Wildman–Crippen LogP) is 3.31. The molecule has 8 heteroatoms. The third-order valence-electron chi connectivity index (χ3n) is 4.03. The molecule has 1 saturated heterocycles. The van der Waals surface area contributed by atoms with Crippen LogP contribution in [0, 0.1) is 16.0 Å². The molecule has 1 atom stereocenters. The maximum Gasteiger partial charge on any atom is 0.433 e. The first-order valence-electron chi connectivity index (χ1n) is 8.66. The second-order valence-electron chi connectivity index (χ2n) is 7.40. The Morgan fingerprint density at radius 1 is 1.48 bits per heavy atom. The maximum atomic E-state index is 12.2. The number of amides is 1. The monoisotopic (exact) mass is 353 g/mol. The molecule has 1 aromatic rings. The topological polar surface area (TPSA) is 97.8 Å². The van der Waals surface area contributed by atoms with Gasteiger partial charge in [0, 0.05) is 13.1 Å². The average Bonchev–Trinajstić information content (AvgIpc) is 2.99. The van der Waals surface area contributed by atoms with Gasteiger partial charge in [0.25, 0.3) is 0 Å². The van der Waals surface area contributed by atoms with Gasteiger partial charge in [-0.05, 0) is 58.6 Å². The fourth-order valence-corrected chi connectivity index (χ4v) is 2.87. The molecular formula is C17H27N3O5. The summed E-state index contributed by atoms with van der Waals surface area (Å²) in [5.41, 5.74) is -0.475. The maximum absolute atomic E-state index is 12.2. The van der Waals surface area contributed by atoms with Gasteiger partial charge < -0.3 is 19.4 Å². The molecule has 1 aliphatic rings. The summed E-state index contributed by atoms with van der Waals surface area (Å²) in [7, 11) is 0. The Morgan fingerprint density at radius 2 is 2.24 bits per heavy atom. The van der Waals surface area contributed by atoms with Crippen LogP contribution < -0.4 is 5.32 Å². The summed E-state index contributed by atoms with van der Waals surface area (Å²) in [5.74, 6) is 0.738. The quantitative estimate of drug-likeness (QED) is 0.479. The van der Waals surface area contributed by atoms with Gasteiger partial charge in [-0.1, -0.05) is 0 Å². The zero-order valence-corrected chi connectivity index (χ0v) is 15.1. The van der Waals surface area contributed by atoms with E-state index in [0.717, 1.165) is 32.4 Å². The van der Waals surface area contributed by atoms with Gasteiger partial charge in [0.15, 0.2) is 0 Å². The van der Waals surface area contributed by atoms with Crippen molar-refractivity contribution in [2.75, 3.05) is 19.6 Å². The summed E-state index contributed by atoms with van der Waals surface area (Å²) in [5, 5.41) is 13.8. The number of furan rings is 1. The zero-order chi connectivity index (χ0) is 18.4. The van der Waals surface area contributed by atoms with Crippen molar-refractivity contribution in [2.24, 2.45) is 5.92 Å². The number of nitrogens with one attached hydrogen (secondary N) is 1. The highest BCUT2D eigenvalue weighted by Gasteiger charge is 2.27. The Hall–Kier alpha value is -2.09. The first-order valence-corrected chi connectivity index (χ1v) is 8.66. The van der Waals surface area contributed by atoms with Crippen molar-refractivity contribution in [1.29, 1.82) is 0 Å². The summed E-state index contributed by atoms with van der Waals surface area (Å²) in [6.45, 7) is 8.29. The van der Waals surface area contributed by atoms with Gasteiger partial charge in [-0.2, -0.15) is 0 Å². The number of hydrogen-bond donors (Lipinski definition) is 1. The number of carbonyl (C=O) groups excluding carboxylic acids is 1. The van der Waals surface area contributed by atoms with E-state index in [2.05, 4.69) is 5.32 Å². The van der Waals surface area contributed by atoms with Crippen molar-refractivity contribution in [2.45, 2.75) is 52.2 Å². The Morgan fingerprint density at radius 3 is 2.88 bits per heavy atom. The van der Waals surface area contributed by atoms with Crippen LogP contribution in [0.25, 0.3) is 0 Å². The lowest BCUT2D eigenvalue weighted by molar-refractivity contribution is -0.402. The van der Waals surface area contributed by atoms with Crippen molar-refractivity contribution in [3.8, 4) is 0 Å². The largest absolute Gasteiger partial charge is 0.444 e. The average molecular weight is 353 g/mol. The number of likely N-dealkylation sites (tertiary alicyclic amines) is 1. The van der Waals surface area contributed by atoms with Gasteiger partial charge in [-0.25, -0.2) is 4.79 Å². The van der Waals surface area contributed by atoms with Crippen molar-refractivity contribution in [1.82, 2.24) is 10.2 Å². The molecule has 0 radical (unpaired) electrons. The standard InChI is InChI=1S/C17H27N3O5/c1-17(2,3)25-16(21)19-10-4-5-13(12-19)8-9-18-11-14-6-7-15(24-14)20(22)23/h6-7,13,18H,4-5,8-12H2,1-3H3. The van der Waals surface area contributed by atoms with Crippen molar-refractivity contribution < 1.29 is 18.9 Å². The molecule has 8 nitrogen and oxygen atoms in total. The van der Waals surface area contributed by atoms with Crippen molar-refractivity contribution in [3.63, 3.8) is 0 Å². The molecule has 140 valence electrons. The second kappa shape index (κ2) is 8.33. The number of nitro groups is 1. The Bertz CT molecular complexity index is 593. The molecule has 2 heterocycles. The van der Waals surface area contributed by atoms with Crippen LogP contribution in [0.5, 0.6) is 0 Å². The first-order chi connectivity index (χ1) is 11.7. The lowest BCUT2D eigenvalue weighted by atomic mass is 9.95. The van der Waals surface area contributed by atoms with Crippen LogP contribution in [0.3, 0.4) is 0 Å². The van der Waals surface area contributed by atoms with E-state index in [-0.39, 0.29) is 12.0 Å². The highest BCUT2D eigenvalue weighted by molar-refractivity contribution is 5.68. The third kappa shape index (κ3) is 6.38. The molecule has 2 rings (SSSR count). The second-order valence-corrected chi connectivity index (χ2v) is 7.40.